The normalized spacial score (nSPS) is 14.0. The highest BCUT2D eigenvalue weighted by molar-refractivity contribution is 5.85. The lowest BCUT2D eigenvalue weighted by molar-refractivity contribution is -0.165. The van der Waals surface area contributed by atoms with Crippen LogP contribution in [0.25, 0.3) is 0 Å². The third-order valence-electron chi connectivity index (χ3n) is 13.5. The van der Waals surface area contributed by atoms with E-state index >= 15 is 4.79 Å². The Balaban J connectivity index is 8.29. The third-order valence-corrected chi connectivity index (χ3v) is 13.5. The van der Waals surface area contributed by atoms with E-state index in [0.29, 0.717) is 0 Å². The van der Waals surface area contributed by atoms with Crippen LogP contribution < -0.4 is 10.6 Å². The summed E-state index contributed by atoms with van der Waals surface area (Å²) in [6.07, 6.45) is -3.71. The SMILES string of the molecule is CC(C)(C)OC(=O)CN(CCN(CC(=O)OC(C)(C)C)CC(C(=O)NCCN(CCN[C@@H](O)[C@@H](CN(CCN(CC(=O)OC(C)(C)C)CC(=O)OC(C)(C)C)CC(=O)OC(C)(C)C)N(CC(=O)OC(C)(C)C)CC(=O)OC(C)(C)C)CC(O)O)N(CC(=O)OC(C)(C)C)CC(=O)OC(C)(C)C)CC(=O)OC(C)(C)C. The summed E-state index contributed by atoms with van der Waals surface area (Å²) in [7, 11) is 0. The number of amides is 1. The number of hydrogen-bond donors (Lipinski definition) is 5. The number of esters is 10. The zero-order valence-electron chi connectivity index (χ0n) is 71.7. The molecule has 0 aliphatic rings. The molecule has 109 heavy (non-hydrogen) atoms. The largest absolute Gasteiger partial charge is 0.459 e. The van der Waals surface area contributed by atoms with Gasteiger partial charge < -0.3 is 68.0 Å². The second-order valence-electron chi connectivity index (χ2n) is 37.1. The number of carbonyl (C=O) groups excluding carboxylic acids is 11. The van der Waals surface area contributed by atoms with Gasteiger partial charge in [0.2, 0.25) is 5.91 Å². The Bertz CT molecular complexity index is 2780. The maximum Gasteiger partial charge on any atom is 0.320 e. The summed E-state index contributed by atoms with van der Waals surface area (Å²) in [4.78, 5) is 163. The molecule has 0 aromatic carbocycles. The van der Waals surface area contributed by atoms with Gasteiger partial charge in [0.05, 0.1) is 71.5 Å². The molecule has 0 saturated carbocycles. The van der Waals surface area contributed by atoms with E-state index in [1.165, 1.54) is 29.4 Å². The molecule has 1 unspecified atom stereocenters. The minimum Gasteiger partial charge on any atom is -0.459 e. The van der Waals surface area contributed by atoms with Crippen LogP contribution in [0.15, 0.2) is 0 Å². The number of nitrogens with zero attached hydrogens (tertiary/aromatic N) is 7. The average molecular weight is 1570 g/mol. The quantitative estimate of drug-likeness (QED) is 0.0331. The molecule has 1 amide bonds. The third kappa shape index (κ3) is 56.6. The first-order valence-corrected chi connectivity index (χ1v) is 37.3. The van der Waals surface area contributed by atoms with Crippen LogP contribution in [-0.4, -0.2) is 333 Å². The molecule has 0 heterocycles. The van der Waals surface area contributed by atoms with Crippen LogP contribution in [0, 0.1) is 0 Å². The van der Waals surface area contributed by atoms with Crippen LogP contribution in [0.3, 0.4) is 0 Å². The van der Waals surface area contributed by atoms with Crippen molar-refractivity contribution in [3.8, 4) is 0 Å². The van der Waals surface area contributed by atoms with Gasteiger partial charge in [-0.15, -0.1) is 0 Å². The molecule has 0 aliphatic carbocycles. The average Bonchev–Trinajstić information content (AvgIpc) is 0.843. The van der Waals surface area contributed by atoms with Crippen molar-refractivity contribution >= 4 is 65.6 Å². The Morgan fingerprint density at radius 1 is 0.266 bits per heavy atom. The monoisotopic (exact) mass is 1560 g/mol. The molecule has 33 heteroatoms. The summed E-state index contributed by atoms with van der Waals surface area (Å²) in [6, 6.07) is -2.88. The summed E-state index contributed by atoms with van der Waals surface area (Å²) in [6.45, 7) is 42.0. The minimum atomic E-state index is -1.98. The van der Waals surface area contributed by atoms with Gasteiger partial charge in [0, 0.05) is 72.0 Å². The topological polar surface area (TPSA) is 388 Å². The van der Waals surface area contributed by atoms with Crippen LogP contribution in [0.5, 0.6) is 0 Å². The molecule has 0 fully saturated rings. The molecular formula is C76H141N9O24. The van der Waals surface area contributed by atoms with Gasteiger partial charge in [-0.25, -0.2) is 0 Å². The highest BCUT2D eigenvalue weighted by Gasteiger charge is 2.39. The molecule has 0 saturated heterocycles. The molecule has 634 valence electrons. The second-order valence-corrected chi connectivity index (χ2v) is 37.1. The number of nitrogens with one attached hydrogen (secondary N) is 2. The fourth-order valence-corrected chi connectivity index (χ4v) is 10.3. The van der Waals surface area contributed by atoms with Gasteiger partial charge in [0.25, 0.3) is 0 Å². The maximum absolute atomic E-state index is 15.3. The van der Waals surface area contributed by atoms with Crippen molar-refractivity contribution < 1.29 is 115 Å². The predicted octanol–water partition coefficient (Wildman–Crippen LogP) is 3.59. The lowest BCUT2D eigenvalue weighted by Gasteiger charge is -2.38. The lowest BCUT2D eigenvalue weighted by atomic mass is 10.1. The van der Waals surface area contributed by atoms with Crippen LogP contribution in [0.4, 0.5) is 0 Å². The molecule has 0 rings (SSSR count). The van der Waals surface area contributed by atoms with Gasteiger partial charge in [-0.2, -0.15) is 0 Å². The molecule has 5 N–H and O–H groups in total. The molecule has 33 nitrogen and oxygen atoms in total. The van der Waals surface area contributed by atoms with Crippen molar-refractivity contribution in [2.24, 2.45) is 0 Å². The predicted molar refractivity (Wildman–Crippen MR) is 407 cm³/mol. The summed E-state index contributed by atoms with van der Waals surface area (Å²) in [5.74, 6) is -8.33. The smallest absolute Gasteiger partial charge is 0.320 e. The molecule has 0 aliphatic heterocycles. The zero-order valence-corrected chi connectivity index (χ0v) is 71.7. The molecule has 0 radical (unpaired) electrons. The van der Waals surface area contributed by atoms with Crippen LogP contribution >= 0.6 is 0 Å². The maximum atomic E-state index is 15.3. The van der Waals surface area contributed by atoms with Gasteiger partial charge in [0.15, 0.2) is 6.29 Å². The summed E-state index contributed by atoms with van der Waals surface area (Å²) in [5, 5.41) is 39.6. The second kappa shape index (κ2) is 44.3. The molecule has 0 aromatic rings. The minimum absolute atomic E-state index is 0.102. The Kier molecular flexibility index (Phi) is 41.7. The van der Waals surface area contributed by atoms with E-state index in [0.717, 1.165) is 0 Å². The number of ether oxygens (including phenoxy) is 10. The van der Waals surface area contributed by atoms with E-state index in [1.54, 1.807) is 213 Å². The van der Waals surface area contributed by atoms with Gasteiger partial charge >= 0.3 is 59.7 Å². The summed E-state index contributed by atoms with van der Waals surface area (Å²) in [5.41, 5.74) is -9.78. The van der Waals surface area contributed by atoms with Gasteiger partial charge in [0.1, 0.15) is 68.3 Å². The van der Waals surface area contributed by atoms with Crippen molar-refractivity contribution in [3.05, 3.63) is 0 Å². The fourth-order valence-electron chi connectivity index (χ4n) is 10.3. The first-order valence-electron chi connectivity index (χ1n) is 37.3. The van der Waals surface area contributed by atoms with Crippen molar-refractivity contribution in [2.45, 2.75) is 288 Å². The molecule has 3 atom stereocenters. The Hall–Kier alpha value is -6.27. The molecule has 0 bridgehead atoms. The van der Waals surface area contributed by atoms with Gasteiger partial charge in [-0.1, -0.05) is 0 Å². The van der Waals surface area contributed by atoms with E-state index in [9.17, 15) is 63.3 Å². The van der Waals surface area contributed by atoms with Gasteiger partial charge in [-0.3, -0.25) is 92.4 Å². The van der Waals surface area contributed by atoms with Crippen molar-refractivity contribution in [2.75, 3.05) is 137 Å². The van der Waals surface area contributed by atoms with Crippen molar-refractivity contribution in [1.29, 1.82) is 0 Å². The van der Waals surface area contributed by atoms with Crippen molar-refractivity contribution in [3.63, 3.8) is 0 Å². The molecule has 0 spiro atoms. The number of rotatable bonds is 43. The standard InChI is InChI=1S/C76H141N9O24/c1-67(2,3)100-55(88)42-80(35-37-82(44-57(90)102-69(7,8)9)45-58(91)103-70(10,11)12)39-52(84(48-61(94)106-73(19,20)21)49-62(95)107-74(22,23)24)65(98)77-31-33-79(41-54(86)87)34-32-78-66(99)53(85(50-63(96)108-75(25,26)27)51-64(97)109-76(28,29)30)40-81(43-56(89)101-68(4,5)6)36-38-83(46-59(92)104-71(13,14)15)47-60(93)105-72(16,17)18/h52-54,65,77,86-87,98H,31-51H2,1-30H3,(H,78,99)/t52-,53?,65+/m1/s1. The number of carbonyl (C=O) groups is 11. The summed E-state index contributed by atoms with van der Waals surface area (Å²) < 4.78 is 57.0. The zero-order chi connectivity index (χ0) is 85.0. The van der Waals surface area contributed by atoms with Crippen LogP contribution in [-0.2, 0) is 100 Å². The highest BCUT2D eigenvalue weighted by Crippen LogP contribution is 2.20. The number of hydrogen-bond acceptors (Lipinski definition) is 32. The summed E-state index contributed by atoms with van der Waals surface area (Å²) >= 11 is 0. The fraction of sp³-hybridized carbons (Fsp3) is 0.855. The Labute approximate surface area is 649 Å². The van der Waals surface area contributed by atoms with Crippen LogP contribution in [0.1, 0.15) is 208 Å². The van der Waals surface area contributed by atoms with Crippen molar-refractivity contribution in [1.82, 2.24) is 44.9 Å². The molecule has 0 aromatic heterocycles. The number of aliphatic hydroxyl groups excluding tert-OH is 2. The van der Waals surface area contributed by atoms with E-state index in [4.69, 9.17) is 47.4 Å². The van der Waals surface area contributed by atoms with E-state index < -0.39 is 225 Å². The first kappa shape index (κ1) is 103. The van der Waals surface area contributed by atoms with E-state index in [-0.39, 0.29) is 58.9 Å². The Morgan fingerprint density at radius 3 is 0.743 bits per heavy atom. The first-order chi connectivity index (χ1) is 48.9. The van der Waals surface area contributed by atoms with Gasteiger partial charge in [-0.05, 0) is 208 Å². The van der Waals surface area contributed by atoms with E-state index in [2.05, 4.69) is 10.6 Å². The highest BCUT2D eigenvalue weighted by atomic mass is 16.6. The van der Waals surface area contributed by atoms with E-state index in [1.807, 2.05) is 0 Å². The number of aliphatic hydroxyl groups is 3. The lowest BCUT2D eigenvalue weighted by Crippen LogP contribution is -2.59. The molecular weight excluding hydrogens is 1420 g/mol. The van der Waals surface area contributed by atoms with Crippen LogP contribution in [0.2, 0.25) is 0 Å². The Morgan fingerprint density at radius 2 is 0.486 bits per heavy atom.